The first-order valence-corrected chi connectivity index (χ1v) is 9.72. The van der Waals surface area contributed by atoms with Gasteiger partial charge in [-0.1, -0.05) is 37.1 Å². The molecular formula is C17H19ClFNO3S. The molecule has 7 heteroatoms. The topological polar surface area (TPSA) is 69.4 Å². The molecule has 0 spiro atoms. The van der Waals surface area contributed by atoms with E-state index in [4.69, 9.17) is 22.1 Å². The van der Waals surface area contributed by atoms with Crippen molar-refractivity contribution in [2.24, 2.45) is 5.73 Å². The maximum atomic E-state index is 14.7. The molecule has 0 aromatic heterocycles. The SMILES string of the molecule is CCC[C@@H](N)c1ccc(Cl)c(Oc2cccc(S(C)(=O)=O)c2)c1F. The van der Waals surface area contributed by atoms with Crippen LogP contribution in [-0.2, 0) is 9.84 Å². The number of nitrogens with two attached hydrogens (primary N) is 1. The second kappa shape index (κ2) is 7.51. The summed E-state index contributed by atoms with van der Waals surface area (Å²) in [5, 5.41) is 0.0877. The lowest BCUT2D eigenvalue weighted by molar-refractivity contribution is 0.432. The van der Waals surface area contributed by atoms with Crippen LogP contribution in [0.1, 0.15) is 31.4 Å². The number of benzene rings is 2. The van der Waals surface area contributed by atoms with Gasteiger partial charge in [0, 0.05) is 17.9 Å². The van der Waals surface area contributed by atoms with Crippen molar-refractivity contribution in [3.63, 3.8) is 0 Å². The minimum absolute atomic E-state index is 0.0790. The Labute approximate surface area is 146 Å². The van der Waals surface area contributed by atoms with Gasteiger partial charge in [0.15, 0.2) is 21.4 Å². The number of hydrogen-bond acceptors (Lipinski definition) is 4. The van der Waals surface area contributed by atoms with Crippen molar-refractivity contribution in [3.8, 4) is 11.5 Å². The Morgan fingerprint density at radius 3 is 2.62 bits per heavy atom. The number of sulfone groups is 1. The summed E-state index contributed by atoms with van der Waals surface area (Å²) < 4.78 is 43.5. The van der Waals surface area contributed by atoms with Crippen LogP contribution >= 0.6 is 11.6 Å². The van der Waals surface area contributed by atoms with E-state index in [1.807, 2.05) is 6.92 Å². The zero-order valence-corrected chi connectivity index (χ0v) is 15.0. The third-order valence-corrected chi connectivity index (χ3v) is 4.94. The molecule has 0 aliphatic heterocycles. The average Bonchev–Trinajstić information content (AvgIpc) is 2.51. The second-order valence-corrected chi connectivity index (χ2v) is 7.95. The van der Waals surface area contributed by atoms with Crippen LogP contribution in [0.15, 0.2) is 41.3 Å². The lowest BCUT2D eigenvalue weighted by atomic mass is 10.0. The van der Waals surface area contributed by atoms with E-state index in [1.165, 1.54) is 36.4 Å². The highest BCUT2D eigenvalue weighted by molar-refractivity contribution is 7.90. The van der Waals surface area contributed by atoms with E-state index in [0.29, 0.717) is 12.0 Å². The van der Waals surface area contributed by atoms with Crippen LogP contribution in [0, 0.1) is 5.82 Å². The predicted octanol–water partition coefficient (Wildman–Crippen LogP) is 4.47. The first-order valence-electron chi connectivity index (χ1n) is 7.45. The highest BCUT2D eigenvalue weighted by atomic mass is 35.5. The van der Waals surface area contributed by atoms with Crippen LogP contribution in [0.25, 0.3) is 0 Å². The van der Waals surface area contributed by atoms with E-state index in [0.717, 1.165) is 12.7 Å². The summed E-state index contributed by atoms with van der Waals surface area (Å²) in [6.07, 6.45) is 2.53. The van der Waals surface area contributed by atoms with Crippen molar-refractivity contribution in [2.75, 3.05) is 6.26 Å². The molecule has 0 amide bonds. The van der Waals surface area contributed by atoms with Gasteiger partial charge >= 0.3 is 0 Å². The smallest absolute Gasteiger partial charge is 0.181 e. The van der Waals surface area contributed by atoms with E-state index >= 15 is 0 Å². The molecule has 2 aromatic rings. The lowest BCUT2D eigenvalue weighted by Gasteiger charge is -2.16. The van der Waals surface area contributed by atoms with Crippen molar-refractivity contribution < 1.29 is 17.5 Å². The fourth-order valence-electron chi connectivity index (χ4n) is 2.28. The predicted molar refractivity (Wildman–Crippen MR) is 92.9 cm³/mol. The van der Waals surface area contributed by atoms with Crippen LogP contribution in [0.5, 0.6) is 11.5 Å². The molecule has 2 rings (SSSR count). The van der Waals surface area contributed by atoms with E-state index < -0.39 is 21.7 Å². The van der Waals surface area contributed by atoms with Gasteiger partial charge in [0.2, 0.25) is 0 Å². The molecule has 1 atom stereocenters. The molecule has 0 unspecified atom stereocenters. The van der Waals surface area contributed by atoms with Gasteiger partial charge in [-0.15, -0.1) is 0 Å². The fourth-order valence-corrected chi connectivity index (χ4v) is 3.12. The molecule has 0 saturated heterocycles. The minimum atomic E-state index is -3.39. The number of rotatable bonds is 6. The normalized spacial score (nSPS) is 12.9. The standard InChI is InChI=1S/C17H19ClFNO3S/c1-3-5-15(20)13-8-9-14(18)17(16(13)19)23-11-6-4-7-12(10-11)24(2,21)22/h4,6-10,15H,3,5,20H2,1-2H3/t15-/m1/s1. The third-order valence-electron chi connectivity index (χ3n) is 3.53. The van der Waals surface area contributed by atoms with Gasteiger partial charge in [-0.05, 0) is 30.7 Å². The molecule has 2 N–H and O–H groups in total. The van der Waals surface area contributed by atoms with Gasteiger partial charge in [0.05, 0.1) is 9.92 Å². The fraction of sp³-hybridized carbons (Fsp3) is 0.294. The molecule has 0 fully saturated rings. The number of ether oxygens (including phenoxy) is 1. The van der Waals surface area contributed by atoms with Gasteiger partial charge in [-0.25, -0.2) is 12.8 Å². The largest absolute Gasteiger partial charge is 0.453 e. The van der Waals surface area contributed by atoms with Crippen molar-refractivity contribution in [1.82, 2.24) is 0 Å². The molecule has 130 valence electrons. The highest BCUT2D eigenvalue weighted by Crippen LogP contribution is 2.36. The zero-order valence-electron chi connectivity index (χ0n) is 13.4. The molecule has 0 aliphatic rings. The first kappa shape index (κ1) is 18.7. The van der Waals surface area contributed by atoms with E-state index in [9.17, 15) is 12.8 Å². The Hall–Kier alpha value is -1.63. The molecule has 0 aliphatic carbocycles. The maximum absolute atomic E-state index is 14.7. The molecular weight excluding hydrogens is 353 g/mol. The van der Waals surface area contributed by atoms with Gasteiger partial charge in [-0.2, -0.15) is 0 Å². The van der Waals surface area contributed by atoms with Crippen LogP contribution in [0.4, 0.5) is 4.39 Å². The van der Waals surface area contributed by atoms with Gasteiger partial charge < -0.3 is 10.5 Å². The maximum Gasteiger partial charge on any atom is 0.181 e. The van der Waals surface area contributed by atoms with E-state index in [-0.39, 0.29) is 21.4 Å². The lowest BCUT2D eigenvalue weighted by Crippen LogP contribution is -2.12. The minimum Gasteiger partial charge on any atom is -0.453 e. The van der Waals surface area contributed by atoms with Crippen molar-refractivity contribution in [1.29, 1.82) is 0 Å². The summed E-state index contributed by atoms with van der Waals surface area (Å²) in [7, 11) is -3.39. The van der Waals surface area contributed by atoms with Crippen LogP contribution in [0.2, 0.25) is 5.02 Å². The van der Waals surface area contributed by atoms with Gasteiger partial charge in [0.25, 0.3) is 0 Å². The van der Waals surface area contributed by atoms with Gasteiger partial charge in [-0.3, -0.25) is 0 Å². The Kier molecular flexibility index (Phi) is 5.85. The van der Waals surface area contributed by atoms with Crippen LogP contribution in [0.3, 0.4) is 0 Å². The first-order chi connectivity index (χ1) is 11.2. The third kappa shape index (κ3) is 4.26. The second-order valence-electron chi connectivity index (χ2n) is 5.52. The van der Waals surface area contributed by atoms with E-state index in [1.54, 1.807) is 0 Å². The Balaban J connectivity index is 2.41. The van der Waals surface area contributed by atoms with Crippen molar-refractivity contribution >= 4 is 21.4 Å². The highest BCUT2D eigenvalue weighted by Gasteiger charge is 2.19. The molecule has 2 aromatic carbocycles. The summed E-state index contributed by atoms with van der Waals surface area (Å²) in [5.74, 6) is -0.612. The van der Waals surface area contributed by atoms with E-state index in [2.05, 4.69) is 0 Å². The van der Waals surface area contributed by atoms with Crippen LogP contribution < -0.4 is 10.5 Å². The van der Waals surface area contributed by atoms with Crippen LogP contribution in [-0.4, -0.2) is 14.7 Å². The Bertz CT molecular complexity index is 840. The molecule has 0 saturated carbocycles. The summed E-state index contributed by atoms with van der Waals surface area (Å²) in [4.78, 5) is 0.0790. The Morgan fingerprint density at radius 2 is 2.00 bits per heavy atom. The zero-order chi connectivity index (χ0) is 17.9. The van der Waals surface area contributed by atoms with Crippen molar-refractivity contribution in [2.45, 2.75) is 30.7 Å². The summed E-state index contributed by atoms with van der Waals surface area (Å²) >= 11 is 6.04. The molecule has 0 radical (unpaired) electrons. The van der Waals surface area contributed by atoms with Crippen molar-refractivity contribution in [3.05, 3.63) is 52.8 Å². The summed E-state index contributed by atoms with van der Waals surface area (Å²) in [6.45, 7) is 1.96. The molecule has 0 bridgehead atoms. The monoisotopic (exact) mass is 371 g/mol. The quantitative estimate of drug-likeness (QED) is 0.813. The molecule has 24 heavy (non-hydrogen) atoms. The number of halogens is 2. The Morgan fingerprint density at radius 1 is 1.29 bits per heavy atom. The summed E-state index contributed by atoms with van der Waals surface area (Å²) in [6, 6.07) is 8.41. The number of hydrogen-bond donors (Lipinski definition) is 1. The van der Waals surface area contributed by atoms with Gasteiger partial charge in [0.1, 0.15) is 5.75 Å². The molecule has 4 nitrogen and oxygen atoms in total. The molecule has 0 heterocycles. The summed E-state index contributed by atoms with van der Waals surface area (Å²) in [5.41, 5.74) is 6.30. The average molecular weight is 372 g/mol.